The molecular formula is C10H19NO2. The van der Waals surface area contributed by atoms with Gasteiger partial charge in [-0.15, -0.1) is 6.58 Å². The van der Waals surface area contributed by atoms with Gasteiger partial charge in [-0.25, -0.2) is 0 Å². The molecule has 0 aromatic rings. The number of hydrogen-bond donors (Lipinski definition) is 0. The van der Waals surface area contributed by atoms with E-state index in [0.29, 0.717) is 12.5 Å². The summed E-state index contributed by atoms with van der Waals surface area (Å²) in [7, 11) is 1.41. The van der Waals surface area contributed by atoms with Crippen molar-refractivity contribution >= 4 is 5.97 Å². The number of likely N-dealkylation sites (N-methyl/N-ethyl adjacent to an activating group) is 1. The van der Waals surface area contributed by atoms with Crippen molar-refractivity contribution in [3.05, 3.63) is 12.7 Å². The molecule has 0 heterocycles. The molecule has 0 aromatic heterocycles. The molecule has 0 aliphatic carbocycles. The van der Waals surface area contributed by atoms with Crippen LogP contribution in [0.15, 0.2) is 12.7 Å². The maximum absolute atomic E-state index is 10.9. The van der Waals surface area contributed by atoms with Crippen molar-refractivity contribution in [3.63, 3.8) is 0 Å². The Bertz CT molecular complexity index is 168. The van der Waals surface area contributed by atoms with Crippen LogP contribution in [0.2, 0.25) is 0 Å². The van der Waals surface area contributed by atoms with Gasteiger partial charge in [0.25, 0.3) is 0 Å². The Kier molecular flexibility index (Phi) is 6.24. The third kappa shape index (κ3) is 4.68. The minimum Gasteiger partial charge on any atom is -0.469 e. The topological polar surface area (TPSA) is 29.5 Å². The van der Waals surface area contributed by atoms with Crippen LogP contribution in [0.5, 0.6) is 0 Å². The second-order valence-electron chi connectivity index (χ2n) is 2.93. The molecule has 76 valence electrons. The highest BCUT2D eigenvalue weighted by atomic mass is 16.5. The molecule has 0 saturated heterocycles. The number of ether oxygens (including phenoxy) is 1. The molecule has 0 aromatic carbocycles. The summed E-state index contributed by atoms with van der Waals surface area (Å²) in [5.41, 5.74) is 0. The monoisotopic (exact) mass is 185 g/mol. The molecular weight excluding hydrogens is 166 g/mol. The highest BCUT2D eigenvalue weighted by Gasteiger charge is 2.10. The summed E-state index contributed by atoms with van der Waals surface area (Å²) < 4.78 is 4.57. The van der Waals surface area contributed by atoms with Gasteiger partial charge in [-0.2, -0.15) is 0 Å². The molecule has 0 amide bonds. The molecule has 0 saturated carbocycles. The first-order valence-electron chi connectivity index (χ1n) is 4.59. The smallest absolute Gasteiger partial charge is 0.306 e. The maximum atomic E-state index is 10.9. The molecule has 0 radical (unpaired) electrons. The Hall–Kier alpha value is -0.830. The number of nitrogens with zero attached hydrogens (tertiary/aromatic N) is 1. The number of esters is 1. The Morgan fingerprint density at radius 1 is 1.69 bits per heavy atom. The Labute approximate surface area is 80.4 Å². The lowest BCUT2D eigenvalue weighted by Crippen LogP contribution is -2.33. The molecule has 3 heteroatoms. The Morgan fingerprint density at radius 2 is 2.31 bits per heavy atom. The van der Waals surface area contributed by atoms with Crippen LogP contribution < -0.4 is 0 Å². The van der Waals surface area contributed by atoms with Gasteiger partial charge in [0.2, 0.25) is 0 Å². The predicted molar refractivity (Wildman–Crippen MR) is 53.5 cm³/mol. The van der Waals surface area contributed by atoms with E-state index >= 15 is 0 Å². The molecule has 0 aliphatic heterocycles. The van der Waals surface area contributed by atoms with Gasteiger partial charge in [0.15, 0.2) is 0 Å². The van der Waals surface area contributed by atoms with Crippen LogP contribution in [-0.2, 0) is 9.53 Å². The first-order chi connectivity index (χ1) is 6.15. The highest BCUT2D eigenvalue weighted by Crippen LogP contribution is 2.01. The molecule has 0 aliphatic rings. The van der Waals surface area contributed by atoms with E-state index in [4.69, 9.17) is 0 Å². The Balaban J connectivity index is 3.84. The van der Waals surface area contributed by atoms with Crippen molar-refractivity contribution < 1.29 is 9.53 Å². The fourth-order valence-corrected chi connectivity index (χ4v) is 1.14. The van der Waals surface area contributed by atoms with E-state index in [1.165, 1.54) is 7.11 Å². The summed E-state index contributed by atoms with van der Waals surface area (Å²) in [5.74, 6) is -0.158. The van der Waals surface area contributed by atoms with Crippen molar-refractivity contribution in [2.45, 2.75) is 26.3 Å². The summed E-state index contributed by atoms with van der Waals surface area (Å²) in [6.45, 7) is 9.50. The van der Waals surface area contributed by atoms with E-state index in [9.17, 15) is 4.79 Å². The SMILES string of the molecule is C=CC(C)N(CC)CCC(=O)OC. The normalized spacial score (nSPS) is 12.6. The van der Waals surface area contributed by atoms with Gasteiger partial charge in [-0.1, -0.05) is 13.0 Å². The average Bonchev–Trinajstić information content (AvgIpc) is 2.17. The minimum absolute atomic E-state index is 0.158. The van der Waals surface area contributed by atoms with Crippen LogP contribution in [-0.4, -0.2) is 37.1 Å². The summed E-state index contributed by atoms with van der Waals surface area (Å²) in [5, 5.41) is 0. The van der Waals surface area contributed by atoms with E-state index in [2.05, 4.69) is 30.1 Å². The summed E-state index contributed by atoms with van der Waals surface area (Å²) in [6, 6.07) is 0.314. The van der Waals surface area contributed by atoms with Crippen LogP contribution >= 0.6 is 0 Å². The van der Waals surface area contributed by atoms with Crippen molar-refractivity contribution in [2.75, 3.05) is 20.2 Å². The lowest BCUT2D eigenvalue weighted by Gasteiger charge is -2.24. The summed E-state index contributed by atoms with van der Waals surface area (Å²) >= 11 is 0. The first-order valence-corrected chi connectivity index (χ1v) is 4.59. The molecule has 0 rings (SSSR count). The van der Waals surface area contributed by atoms with E-state index < -0.39 is 0 Å². The van der Waals surface area contributed by atoms with Crippen LogP contribution in [0.3, 0.4) is 0 Å². The summed E-state index contributed by atoms with van der Waals surface area (Å²) in [4.78, 5) is 13.0. The zero-order chi connectivity index (χ0) is 10.3. The molecule has 1 atom stereocenters. The standard InChI is InChI=1S/C10H19NO2/c1-5-9(3)11(6-2)8-7-10(12)13-4/h5,9H,1,6-8H2,2-4H3. The number of methoxy groups -OCH3 is 1. The van der Waals surface area contributed by atoms with Gasteiger partial charge in [0, 0.05) is 12.6 Å². The molecule has 13 heavy (non-hydrogen) atoms. The highest BCUT2D eigenvalue weighted by molar-refractivity contribution is 5.69. The number of carbonyl (C=O) groups excluding carboxylic acids is 1. The van der Waals surface area contributed by atoms with Gasteiger partial charge in [0.1, 0.15) is 0 Å². The van der Waals surface area contributed by atoms with E-state index in [1.807, 2.05) is 6.08 Å². The molecule has 3 nitrogen and oxygen atoms in total. The zero-order valence-corrected chi connectivity index (χ0v) is 8.75. The molecule has 0 bridgehead atoms. The molecule has 0 fully saturated rings. The van der Waals surface area contributed by atoms with Crippen LogP contribution in [0.4, 0.5) is 0 Å². The second-order valence-corrected chi connectivity index (χ2v) is 2.93. The van der Waals surface area contributed by atoms with Crippen molar-refractivity contribution in [1.29, 1.82) is 0 Å². The molecule has 1 unspecified atom stereocenters. The molecule has 0 N–H and O–H groups in total. The van der Waals surface area contributed by atoms with E-state index in [-0.39, 0.29) is 5.97 Å². The first kappa shape index (κ1) is 12.2. The van der Waals surface area contributed by atoms with Crippen LogP contribution in [0, 0.1) is 0 Å². The van der Waals surface area contributed by atoms with Crippen molar-refractivity contribution in [2.24, 2.45) is 0 Å². The fourth-order valence-electron chi connectivity index (χ4n) is 1.14. The largest absolute Gasteiger partial charge is 0.469 e. The number of hydrogen-bond acceptors (Lipinski definition) is 3. The van der Waals surface area contributed by atoms with Gasteiger partial charge in [-0.3, -0.25) is 9.69 Å². The van der Waals surface area contributed by atoms with Gasteiger partial charge in [0.05, 0.1) is 13.5 Å². The predicted octanol–water partition coefficient (Wildman–Crippen LogP) is 1.45. The van der Waals surface area contributed by atoms with E-state index in [0.717, 1.165) is 13.1 Å². The third-order valence-electron chi connectivity index (χ3n) is 2.15. The van der Waals surface area contributed by atoms with Gasteiger partial charge in [-0.05, 0) is 13.5 Å². The van der Waals surface area contributed by atoms with Crippen molar-refractivity contribution in [3.8, 4) is 0 Å². The second kappa shape index (κ2) is 6.66. The van der Waals surface area contributed by atoms with E-state index in [1.54, 1.807) is 0 Å². The van der Waals surface area contributed by atoms with Crippen molar-refractivity contribution in [1.82, 2.24) is 4.90 Å². The van der Waals surface area contributed by atoms with Gasteiger partial charge < -0.3 is 4.74 Å². The minimum atomic E-state index is -0.158. The summed E-state index contributed by atoms with van der Waals surface area (Å²) in [6.07, 6.45) is 2.32. The third-order valence-corrected chi connectivity index (χ3v) is 2.15. The number of carbonyl (C=O) groups is 1. The number of rotatable bonds is 6. The van der Waals surface area contributed by atoms with Crippen LogP contribution in [0.1, 0.15) is 20.3 Å². The lowest BCUT2D eigenvalue weighted by molar-refractivity contribution is -0.141. The van der Waals surface area contributed by atoms with Crippen LogP contribution in [0.25, 0.3) is 0 Å². The average molecular weight is 185 g/mol. The maximum Gasteiger partial charge on any atom is 0.306 e. The Morgan fingerprint density at radius 3 is 2.69 bits per heavy atom. The molecule has 0 spiro atoms. The van der Waals surface area contributed by atoms with Gasteiger partial charge >= 0.3 is 5.97 Å². The lowest BCUT2D eigenvalue weighted by atomic mass is 10.2. The quantitative estimate of drug-likeness (QED) is 0.463. The fraction of sp³-hybridized carbons (Fsp3) is 0.700. The zero-order valence-electron chi connectivity index (χ0n) is 8.75.